The number of fused-ring (bicyclic) bond motifs is 1. The van der Waals surface area contributed by atoms with Crippen LogP contribution in [-0.2, 0) is 9.59 Å². The summed E-state index contributed by atoms with van der Waals surface area (Å²) < 4.78 is 0. The number of β-amino-alcohol motifs (C(OH)–C–C–N with tert-alkyl or cyclic N) is 1. The van der Waals surface area contributed by atoms with E-state index in [1.165, 1.54) is 0 Å². The van der Waals surface area contributed by atoms with Crippen LogP contribution in [-0.4, -0.2) is 92.0 Å². The van der Waals surface area contributed by atoms with Crippen molar-refractivity contribution in [1.29, 1.82) is 0 Å². The largest absolute Gasteiger partial charge is 0.507 e. The number of nitrogens with one attached hydrogen (secondary N) is 1. The number of aryl methyl sites for hydroxylation is 1. The number of pyridine rings is 1. The van der Waals surface area contributed by atoms with Crippen LogP contribution >= 0.6 is 11.3 Å². The molecule has 3 aromatic heterocycles. The Morgan fingerprint density at radius 2 is 1.64 bits per heavy atom. The van der Waals surface area contributed by atoms with Gasteiger partial charge in [0.1, 0.15) is 17.6 Å². The molecule has 3 aromatic carbocycles. The number of aromatic hydroxyl groups is 1. The molecule has 0 bridgehead atoms. The second-order valence-corrected chi connectivity index (χ2v) is 17.7. The molecule has 9 rings (SSSR count). The van der Waals surface area contributed by atoms with Gasteiger partial charge in [0, 0.05) is 67.4 Å². The Bertz CT molecular complexity index is 2530. The van der Waals surface area contributed by atoms with Crippen molar-refractivity contribution >= 4 is 45.6 Å². The number of hydrogen-bond acceptors (Lipinski definition) is 11. The minimum atomic E-state index is -0.780. The molecule has 13 heteroatoms. The molecule has 4 atom stereocenters. The summed E-state index contributed by atoms with van der Waals surface area (Å²) in [6.07, 6.45) is 1.19. The number of aliphatic hydroxyl groups is 1. The van der Waals surface area contributed by atoms with E-state index in [-0.39, 0.29) is 47.9 Å². The maximum Gasteiger partial charge on any atom is 0.243 e. The molecule has 6 heterocycles. The molecule has 3 aliphatic rings. The number of likely N-dealkylation sites (tertiary alicyclic amines) is 1. The van der Waals surface area contributed by atoms with Gasteiger partial charge in [0.2, 0.25) is 11.8 Å². The van der Waals surface area contributed by atoms with E-state index in [1.54, 1.807) is 34.6 Å². The summed E-state index contributed by atoms with van der Waals surface area (Å²) in [5.74, 6) is 0.0430. The molecule has 3 N–H and O–H groups in total. The van der Waals surface area contributed by atoms with Crippen LogP contribution < -0.4 is 15.1 Å². The number of phenolic OH excluding ortho intramolecular Hbond substituents is 1. The van der Waals surface area contributed by atoms with Gasteiger partial charge in [-0.3, -0.25) is 9.59 Å². The van der Waals surface area contributed by atoms with Gasteiger partial charge in [0.15, 0.2) is 0 Å². The molecule has 1 spiro atoms. The average molecular weight is 809 g/mol. The summed E-state index contributed by atoms with van der Waals surface area (Å²) in [4.78, 5) is 44.6. The van der Waals surface area contributed by atoms with Gasteiger partial charge in [0.05, 0.1) is 45.4 Å². The fourth-order valence-electron chi connectivity index (χ4n) is 9.11. The van der Waals surface area contributed by atoms with Crippen molar-refractivity contribution in [1.82, 2.24) is 30.4 Å². The lowest BCUT2D eigenvalue weighted by Crippen LogP contribution is -2.72. The Labute approximate surface area is 347 Å². The van der Waals surface area contributed by atoms with Gasteiger partial charge >= 0.3 is 0 Å². The lowest BCUT2D eigenvalue weighted by Gasteiger charge is -2.61. The summed E-state index contributed by atoms with van der Waals surface area (Å²) in [7, 11) is 0. The third-order valence-corrected chi connectivity index (χ3v) is 13.2. The number of carbonyl (C=O) groups is 2. The Balaban J connectivity index is 0.831. The summed E-state index contributed by atoms with van der Waals surface area (Å²) in [5, 5.41) is 34.0. The predicted molar refractivity (Wildman–Crippen MR) is 230 cm³/mol. The van der Waals surface area contributed by atoms with Crippen LogP contribution in [0.25, 0.3) is 32.6 Å². The molecule has 12 nitrogen and oxygen atoms in total. The monoisotopic (exact) mass is 808 g/mol. The standard InChI is InChI=1S/C46H48N8O4S/c1-27(2)42(45(58)54-21-35(55)20-39(54)44(57)49-28(3)30-9-11-31(12-10-30)43-29(4)48-26-59-43)33-15-16-47-41(18-33)53-24-46(25-53)22-52(23-46)34-14-13-32-17-38(51-50-37(32)19-34)36-7-5-6-8-40(36)56/h5-19,26-28,35,39,42,55-56H,20-25H2,1-4H3,(H,49,57)/t28?,35-,39+,42?/m1/s1. The maximum absolute atomic E-state index is 14.4. The molecular formula is C46H48N8O4S. The first-order chi connectivity index (χ1) is 28.4. The van der Waals surface area contributed by atoms with E-state index < -0.39 is 18.1 Å². The van der Waals surface area contributed by atoms with E-state index in [2.05, 4.69) is 48.5 Å². The van der Waals surface area contributed by atoms with Crippen molar-refractivity contribution in [2.75, 3.05) is 42.5 Å². The van der Waals surface area contributed by atoms with Crippen LogP contribution in [0.4, 0.5) is 11.5 Å². The SMILES string of the molecule is Cc1ncsc1-c1ccc(C(C)NC(=O)[C@@H]2C[C@@H](O)CN2C(=O)C(c2ccnc(N3CC4(CN(c5ccc6cc(-c7ccccc7O)nnc6c5)C4)C3)c2)C(C)C)cc1. The van der Waals surface area contributed by atoms with Gasteiger partial charge in [-0.2, -0.15) is 0 Å². The van der Waals surface area contributed by atoms with Gasteiger partial charge in [0.25, 0.3) is 0 Å². The molecule has 302 valence electrons. The van der Waals surface area contributed by atoms with Crippen LogP contribution in [0.5, 0.6) is 5.75 Å². The normalized spacial score (nSPS) is 19.5. The number of aromatic nitrogens is 4. The fourth-order valence-corrected chi connectivity index (χ4v) is 9.92. The molecule has 6 aromatic rings. The molecular weight excluding hydrogens is 761 g/mol. The zero-order chi connectivity index (χ0) is 41.0. The van der Waals surface area contributed by atoms with E-state index >= 15 is 0 Å². The molecule has 0 saturated carbocycles. The summed E-state index contributed by atoms with van der Waals surface area (Å²) in [6, 6.07) is 26.3. The van der Waals surface area contributed by atoms with Crippen LogP contribution in [0.1, 0.15) is 56.0 Å². The zero-order valence-corrected chi connectivity index (χ0v) is 34.4. The highest BCUT2D eigenvalue weighted by atomic mass is 32.1. The highest BCUT2D eigenvalue weighted by molar-refractivity contribution is 7.13. The second-order valence-electron chi connectivity index (χ2n) is 16.9. The molecule has 2 amide bonds. The number of para-hydroxylation sites is 1. The van der Waals surface area contributed by atoms with Gasteiger partial charge < -0.3 is 30.2 Å². The highest BCUT2D eigenvalue weighted by Crippen LogP contribution is 2.44. The van der Waals surface area contributed by atoms with Crippen LogP contribution in [0.2, 0.25) is 0 Å². The van der Waals surface area contributed by atoms with E-state index in [4.69, 9.17) is 4.98 Å². The smallest absolute Gasteiger partial charge is 0.243 e. The average Bonchev–Trinajstić information content (AvgIpc) is 3.82. The summed E-state index contributed by atoms with van der Waals surface area (Å²) in [6.45, 7) is 11.7. The van der Waals surface area contributed by atoms with Crippen LogP contribution in [0, 0.1) is 18.3 Å². The fraction of sp³-hybridized carbons (Fsp3) is 0.348. The molecule has 3 saturated heterocycles. The van der Waals surface area contributed by atoms with Gasteiger partial charge in [-0.25, -0.2) is 9.97 Å². The Morgan fingerprint density at radius 3 is 2.37 bits per heavy atom. The van der Waals surface area contributed by atoms with Crippen LogP contribution in [0.15, 0.2) is 96.6 Å². The Hall–Kier alpha value is -5.92. The zero-order valence-electron chi connectivity index (χ0n) is 33.6. The second kappa shape index (κ2) is 15.4. The molecule has 59 heavy (non-hydrogen) atoms. The quantitative estimate of drug-likeness (QED) is 0.136. The van der Waals surface area contributed by atoms with E-state index in [1.807, 2.05) is 87.8 Å². The number of amides is 2. The lowest BCUT2D eigenvalue weighted by atomic mass is 9.72. The predicted octanol–water partition coefficient (Wildman–Crippen LogP) is 6.73. The topological polar surface area (TPSA) is 148 Å². The maximum atomic E-state index is 14.4. The first-order valence-electron chi connectivity index (χ1n) is 20.3. The van der Waals surface area contributed by atoms with Crippen molar-refractivity contribution < 1.29 is 19.8 Å². The lowest BCUT2D eigenvalue weighted by molar-refractivity contribution is -0.140. The number of rotatable bonds is 10. The summed E-state index contributed by atoms with van der Waals surface area (Å²) in [5.41, 5.74) is 9.09. The van der Waals surface area contributed by atoms with Crippen molar-refractivity contribution in [2.24, 2.45) is 11.3 Å². The number of anilines is 2. The number of hydrogen-bond donors (Lipinski definition) is 3. The van der Waals surface area contributed by atoms with E-state index in [0.717, 1.165) is 75.8 Å². The van der Waals surface area contributed by atoms with Gasteiger partial charge in [-0.1, -0.05) is 56.3 Å². The van der Waals surface area contributed by atoms with E-state index in [0.29, 0.717) is 11.3 Å². The van der Waals surface area contributed by atoms with Crippen molar-refractivity contribution in [2.45, 2.75) is 58.2 Å². The van der Waals surface area contributed by atoms with Crippen LogP contribution in [0.3, 0.4) is 0 Å². The minimum Gasteiger partial charge on any atom is -0.507 e. The highest BCUT2D eigenvalue weighted by Gasteiger charge is 2.52. The first-order valence-corrected chi connectivity index (χ1v) is 21.1. The Morgan fingerprint density at radius 1 is 0.881 bits per heavy atom. The minimum absolute atomic E-state index is 0.0505. The van der Waals surface area contributed by atoms with Gasteiger partial charge in [-0.05, 0) is 78.9 Å². The van der Waals surface area contributed by atoms with Gasteiger partial charge in [-0.15, -0.1) is 21.5 Å². The molecule has 2 unspecified atom stereocenters. The third kappa shape index (κ3) is 7.38. The van der Waals surface area contributed by atoms with E-state index in [9.17, 15) is 19.8 Å². The van der Waals surface area contributed by atoms with Crippen molar-refractivity contribution in [3.63, 3.8) is 0 Å². The molecule has 0 aliphatic carbocycles. The number of aliphatic hydroxyl groups excluding tert-OH is 1. The molecule has 3 fully saturated rings. The van der Waals surface area contributed by atoms with Crippen molar-refractivity contribution in [3.05, 3.63) is 113 Å². The number of carbonyl (C=O) groups excluding carboxylic acids is 2. The first kappa shape index (κ1) is 38.6. The number of nitrogens with zero attached hydrogens (tertiary/aromatic N) is 7. The number of phenols is 1. The third-order valence-electron chi connectivity index (χ3n) is 12.2. The molecule has 0 radical (unpaired) electrons. The number of thiazole rings is 1. The number of benzene rings is 3. The molecule has 3 aliphatic heterocycles. The summed E-state index contributed by atoms with van der Waals surface area (Å²) >= 11 is 1.60. The van der Waals surface area contributed by atoms with Crippen molar-refractivity contribution in [3.8, 4) is 27.4 Å². The Kier molecular flexibility index (Phi) is 10.0.